The summed E-state index contributed by atoms with van der Waals surface area (Å²) in [6, 6.07) is 13.0. The first-order valence-electron chi connectivity index (χ1n) is 8.39. The van der Waals surface area contributed by atoms with Crippen molar-refractivity contribution in [2.75, 3.05) is 32.6 Å². The van der Waals surface area contributed by atoms with Crippen LogP contribution in [0.1, 0.15) is 16.7 Å². The minimum Gasteiger partial charge on any atom is -0.493 e. The summed E-state index contributed by atoms with van der Waals surface area (Å²) in [5.74, 6) is 1.34. The Hall–Kier alpha value is -3.04. The number of amides is 1. The van der Waals surface area contributed by atoms with Crippen LogP contribution in [0.4, 0.5) is 5.69 Å². The zero-order chi connectivity index (χ0) is 18.5. The van der Waals surface area contributed by atoms with Crippen molar-refractivity contribution in [2.24, 2.45) is 0 Å². The maximum Gasteiger partial charge on any atom is 0.238 e. The van der Waals surface area contributed by atoms with Gasteiger partial charge in [-0.1, -0.05) is 6.07 Å². The third kappa shape index (κ3) is 3.95. The van der Waals surface area contributed by atoms with E-state index in [-0.39, 0.29) is 5.91 Å². The number of benzene rings is 2. The highest BCUT2D eigenvalue weighted by molar-refractivity contribution is 5.92. The van der Waals surface area contributed by atoms with Crippen LogP contribution in [-0.4, -0.2) is 38.1 Å². The summed E-state index contributed by atoms with van der Waals surface area (Å²) in [4.78, 5) is 14.4. The van der Waals surface area contributed by atoms with E-state index in [4.69, 9.17) is 14.7 Å². The first-order chi connectivity index (χ1) is 12.6. The molecule has 1 aliphatic heterocycles. The summed E-state index contributed by atoms with van der Waals surface area (Å²) in [5, 5.41) is 11.8. The number of nitriles is 1. The molecular weight excluding hydrogens is 330 g/mol. The number of carbonyl (C=O) groups excluding carboxylic acids is 1. The van der Waals surface area contributed by atoms with Gasteiger partial charge in [-0.05, 0) is 47.9 Å². The number of fused-ring (bicyclic) bond motifs is 1. The molecule has 3 rings (SSSR count). The monoisotopic (exact) mass is 351 g/mol. The van der Waals surface area contributed by atoms with Gasteiger partial charge in [-0.3, -0.25) is 9.69 Å². The first-order valence-corrected chi connectivity index (χ1v) is 8.39. The first kappa shape index (κ1) is 17.8. The standard InChI is InChI=1S/C20H21N3O3/c1-25-18-9-15-6-7-23(12-16(15)10-19(18)26-2)13-20(24)22-17-5-3-4-14(8-17)11-21/h3-5,8-10H,6-7,12-13H2,1-2H3,(H,22,24). The lowest BCUT2D eigenvalue weighted by Crippen LogP contribution is -2.37. The van der Waals surface area contributed by atoms with Gasteiger partial charge in [-0.15, -0.1) is 0 Å². The number of rotatable bonds is 5. The number of anilines is 1. The largest absolute Gasteiger partial charge is 0.493 e. The third-order valence-corrected chi connectivity index (χ3v) is 4.44. The van der Waals surface area contributed by atoms with E-state index in [1.165, 1.54) is 5.56 Å². The molecule has 1 amide bonds. The molecule has 0 saturated heterocycles. The Morgan fingerprint density at radius 3 is 2.62 bits per heavy atom. The fraction of sp³-hybridized carbons (Fsp3) is 0.300. The predicted octanol–water partition coefficient (Wildman–Crippen LogP) is 2.57. The molecule has 0 spiro atoms. The summed E-state index contributed by atoms with van der Waals surface area (Å²) >= 11 is 0. The van der Waals surface area contributed by atoms with Gasteiger partial charge >= 0.3 is 0 Å². The van der Waals surface area contributed by atoms with Gasteiger partial charge in [0.15, 0.2) is 11.5 Å². The highest BCUT2D eigenvalue weighted by atomic mass is 16.5. The van der Waals surface area contributed by atoms with Crippen LogP contribution in [-0.2, 0) is 17.8 Å². The summed E-state index contributed by atoms with van der Waals surface area (Å²) in [6.07, 6.45) is 0.854. The number of ether oxygens (including phenoxy) is 2. The number of hydrogen-bond donors (Lipinski definition) is 1. The molecule has 0 saturated carbocycles. The van der Waals surface area contributed by atoms with E-state index >= 15 is 0 Å². The van der Waals surface area contributed by atoms with Crippen molar-refractivity contribution in [2.45, 2.75) is 13.0 Å². The highest BCUT2D eigenvalue weighted by Crippen LogP contribution is 2.33. The van der Waals surface area contributed by atoms with Crippen molar-refractivity contribution in [1.29, 1.82) is 5.26 Å². The van der Waals surface area contributed by atoms with E-state index in [1.54, 1.807) is 38.5 Å². The zero-order valence-electron chi connectivity index (χ0n) is 14.9. The van der Waals surface area contributed by atoms with E-state index < -0.39 is 0 Å². The van der Waals surface area contributed by atoms with Crippen LogP contribution >= 0.6 is 0 Å². The van der Waals surface area contributed by atoms with Crippen LogP contribution < -0.4 is 14.8 Å². The van der Waals surface area contributed by atoms with Crippen LogP contribution in [0.25, 0.3) is 0 Å². The molecule has 2 aromatic rings. The second-order valence-corrected chi connectivity index (χ2v) is 6.18. The zero-order valence-corrected chi connectivity index (χ0v) is 14.9. The van der Waals surface area contributed by atoms with E-state index in [0.29, 0.717) is 30.1 Å². The summed E-state index contributed by atoms with van der Waals surface area (Å²) < 4.78 is 10.7. The number of nitrogens with zero attached hydrogens (tertiary/aromatic N) is 2. The number of hydrogen-bond acceptors (Lipinski definition) is 5. The maximum absolute atomic E-state index is 12.3. The number of methoxy groups -OCH3 is 2. The van der Waals surface area contributed by atoms with Crippen molar-refractivity contribution < 1.29 is 14.3 Å². The molecule has 26 heavy (non-hydrogen) atoms. The second kappa shape index (κ2) is 7.89. The number of carbonyl (C=O) groups is 1. The summed E-state index contributed by atoms with van der Waals surface area (Å²) in [5.41, 5.74) is 3.53. The van der Waals surface area contributed by atoms with Gasteiger partial charge in [0.05, 0.1) is 32.4 Å². The molecule has 1 N–H and O–H groups in total. The topological polar surface area (TPSA) is 74.6 Å². The Kier molecular flexibility index (Phi) is 5.40. The molecule has 0 unspecified atom stereocenters. The molecule has 134 valence electrons. The Morgan fingerprint density at radius 1 is 1.19 bits per heavy atom. The molecule has 1 aliphatic rings. The molecule has 0 fully saturated rings. The van der Waals surface area contributed by atoms with Gasteiger partial charge in [0.25, 0.3) is 0 Å². The van der Waals surface area contributed by atoms with Crippen molar-refractivity contribution in [3.05, 3.63) is 53.1 Å². The molecule has 6 heteroatoms. The van der Waals surface area contributed by atoms with Gasteiger partial charge in [-0.25, -0.2) is 0 Å². The Morgan fingerprint density at radius 2 is 1.92 bits per heavy atom. The molecule has 1 heterocycles. The SMILES string of the molecule is COc1cc2c(cc1OC)CN(CC(=O)Nc1cccc(C#N)c1)CC2. The molecule has 0 atom stereocenters. The van der Waals surface area contributed by atoms with Gasteiger partial charge in [0.1, 0.15) is 0 Å². The number of nitrogens with one attached hydrogen (secondary N) is 1. The van der Waals surface area contributed by atoms with Crippen LogP contribution in [0.3, 0.4) is 0 Å². The second-order valence-electron chi connectivity index (χ2n) is 6.18. The van der Waals surface area contributed by atoms with Crippen LogP contribution in [0.2, 0.25) is 0 Å². The lowest BCUT2D eigenvalue weighted by atomic mass is 9.99. The quantitative estimate of drug-likeness (QED) is 0.896. The maximum atomic E-state index is 12.3. The van der Waals surface area contributed by atoms with Gasteiger partial charge < -0.3 is 14.8 Å². The van der Waals surface area contributed by atoms with Gasteiger partial charge in [0, 0.05) is 18.8 Å². The Balaban J connectivity index is 1.65. The van der Waals surface area contributed by atoms with E-state index in [2.05, 4.69) is 16.3 Å². The Labute approximate surface area is 152 Å². The molecule has 0 aromatic heterocycles. The smallest absolute Gasteiger partial charge is 0.238 e. The average Bonchev–Trinajstić information content (AvgIpc) is 2.66. The fourth-order valence-electron chi connectivity index (χ4n) is 3.15. The molecule has 0 aliphatic carbocycles. The van der Waals surface area contributed by atoms with E-state index in [1.807, 2.05) is 12.1 Å². The van der Waals surface area contributed by atoms with Crippen LogP contribution in [0.5, 0.6) is 11.5 Å². The molecule has 0 radical (unpaired) electrons. The van der Waals surface area contributed by atoms with Crippen molar-refractivity contribution in [3.63, 3.8) is 0 Å². The average molecular weight is 351 g/mol. The van der Waals surface area contributed by atoms with Gasteiger partial charge in [-0.2, -0.15) is 5.26 Å². The fourth-order valence-corrected chi connectivity index (χ4v) is 3.15. The van der Waals surface area contributed by atoms with E-state index in [0.717, 1.165) is 24.3 Å². The van der Waals surface area contributed by atoms with E-state index in [9.17, 15) is 4.79 Å². The van der Waals surface area contributed by atoms with Crippen molar-refractivity contribution >= 4 is 11.6 Å². The lowest BCUT2D eigenvalue weighted by molar-refractivity contribution is -0.117. The van der Waals surface area contributed by atoms with Crippen molar-refractivity contribution in [3.8, 4) is 17.6 Å². The minimum atomic E-state index is -0.0935. The van der Waals surface area contributed by atoms with Crippen molar-refractivity contribution in [1.82, 2.24) is 4.90 Å². The minimum absolute atomic E-state index is 0.0935. The third-order valence-electron chi connectivity index (χ3n) is 4.44. The van der Waals surface area contributed by atoms with Gasteiger partial charge in [0.2, 0.25) is 5.91 Å². The normalized spacial score (nSPS) is 13.4. The van der Waals surface area contributed by atoms with Crippen LogP contribution in [0.15, 0.2) is 36.4 Å². The summed E-state index contributed by atoms with van der Waals surface area (Å²) in [6.45, 7) is 1.78. The van der Waals surface area contributed by atoms with Crippen LogP contribution in [0, 0.1) is 11.3 Å². The molecule has 2 aromatic carbocycles. The lowest BCUT2D eigenvalue weighted by Gasteiger charge is -2.29. The molecule has 6 nitrogen and oxygen atoms in total. The predicted molar refractivity (Wildman–Crippen MR) is 98.3 cm³/mol. The Bertz CT molecular complexity index is 858. The summed E-state index contributed by atoms with van der Waals surface area (Å²) in [7, 11) is 3.25. The highest BCUT2D eigenvalue weighted by Gasteiger charge is 2.21. The molecular formula is C20H21N3O3. The molecule has 0 bridgehead atoms.